The Morgan fingerprint density at radius 2 is 2.38 bits per heavy atom. The molecule has 108 valence electrons. The molecule has 2 amide bonds. The Balaban J connectivity index is 1.78. The number of carbonyl (C=O) groups is 2. The smallest absolute Gasteiger partial charge is 0.265 e. The molecule has 3 rings (SSSR count). The number of nitrogens with zero attached hydrogens (tertiary/aromatic N) is 2. The molecule has 1 aliphatic heterocycles. The molecule has 21 heavy (non-hydrogen) atoms. The van der Waals surface area contributed by atoms with Crippen LogP contribution in [-0.2, 0) is 9.59 Å². The van der Waals surface area contributed by atoms with E-state index < -0.39 is 0 Å². The van der Waals surface area contributed by atoms with E-state index in [0.717, 1.165) is 5.56 Å². The van der Waals surface area contributed by atoms with Crippen LogP contribution in [0.5, 0.6) is 5.75 Å². The number of amides is 2. The zero-order chi connectivity index (χ0) is 14.8. The van der Waals surface area contributed by atoms with Crippen LogP contribution in [0, 0.1) is 6.92 Å². The van der Waals surface area contributed by atoms with Crippen molar-refractivity contribution < 1.29 is 14.3 Å². The zero-order valence-corrected chi connectivity index (χ0v) is 12.1. The predicted molar refractivity (Wildman–Crippen MR) is 79.8 cm³/mol. The van der Waals surface area contributed by atoms with Gasteiger partial charge in [0.25, 0.3) is 5.91 Å². The first-order chi connectivity index (χ1) is 10.1. The molecule has 0 unspecified atom stereocenters. The number of fused-ring (bicyclic) bond motifs is 1. The van der Waals surface area contributed by atoms with E-state index in [1.807, 2.05) is 19.1 Å². The molecule has 1 N–H and O–H groups in total. The van der Waals surface area contributed by atoms with Gasteiger partial charge in [0, 0.05) is 11.6 Å². The molecular formula is C14H13N3O3S. The number of hydrogen-bond donors (Lipinski definition) is 1. The second-order valence-corrected chi connectivity index (χ2v) is 5.52. The van der Waals surface area contributed by atoms with Gasteiger partial charge >= 0.3 is 0 Å². The number of benzene rings is 1. The van der Waals surface area contributed by atoms with Crippen molar-refractivity contribution in [2.45, 2.75) is 6.92 Å². The summed E-state index contributed by atoms with van der Waals surface area (Å²) in [6.45, 7) is 1.83. The van der Waals surface area contributed by atoms with Gasteiger partial charge in [-0.2, -0.15) is 0 Å². The lowest BCUT2D eigenvalue weighted by Gasteiger charge is -2.28. The van der Waals surface area contributed by atoms with Gasteiger partial charge in [-0.1, -0.05) is 6.07 Å². The van der Waals surface area contributed by atoms with Crippen LogP contribution in [-0.4, -0.2) is 29.9 Å². The molecule has 0 radical (unpaired) electrons. The number of anilines is 2. The van der Waals surface area contributed by atoms with E-state index in [1.165, 1.54) is 16.2 Å². The molecule has 0 saturated carbocycles. The van der Waals surface area contributed by atoms with E-state index in [9.17, 15) is 9.59 Å². The minimum atomic E-state index is -0.285. The maximum absolute atomic E-state index is 12.0. The topological polar surface area (TPSA) is 71.5 Å². The minimum absolute atomic E-state index is 0.0546. The molecule has 7 heteroatoms. The maximum Gasteiger partial charge on any atom is 0.265 e. The molecule has 0 saturated heterocycles. The Kier molecular flexibility index (Phi) is 3.57. The molecule has 6 nitrogen and oxygen atoms in total. The highest BCUT2D eigenvalue weighted by Crippen LogP contribution is 2.32. The van der Waals surface area contributed by atoms with Gasteiger partial charge in [-0.3, -0.25) is 14.5 Å². The van der Waals surface area contributed by atoms with Crippen LogP contribution in [0.3, 0.4) is 0 Å². The van der Waals surface area contributed by atoms with Gasteiger partial charge in [-0.25, -0.2) is 4.98 Å². The van der Waals surface area contributed by atoms with Gasteiger partial charge in [0.2, 0.25) is 5.91 Å². The number of aryl methyl sites for hydroxylation is 1. The first kappa shape index (κ1) is 13.6. The Morgan fingerprint density at radius 3 is 3.14 bits per heavy atom. The Bertz CT molecular complexity index is 685. The fourth-order valence-corrected chi connectivity index (χ4v) is 2.62. The second-order valence-electron chi connectivity index (χ2n) is 4.63. The third-order valence-electron chi connectivity index (χ3n) is 3.04. The van der Waals surface area contributed by atoms with Crippen LogP contribution in [0.1, 0.15) is 5.56 Å². The van der Waals surface area contributed by atoms with Gasteiger partial charge < -0.3 is 10.1 Å². The number of rotatable bonds is 3. The van der Waals surface area contributed by atoms with Gasteiger partial charge in [-0.05, 0) is 24.6 Å². The van der Waals surface area contributed by atoms with Crippen LogP contribution < -0.4 is 15.0 Å². The average molecular weight is 303 g/mol. The van der Waals surface area contributed by atoms with E-state index in [4.69, 9.17) is 4.74 Å². The predicted octanol–water partition coefficient (Wildman–Crippen LogP) is 1.82. The van der Waals surface area contributed by atoms with Crippen molar-refractivity contribution >= 4 is 34.0 Å². The summed E-state index contributed by atoms with van der Waals surface area (Å²) in [6.07, 6.45) is 1.61. The SMILES string of the molecule is Cc1ccc2c(c1)OCC(=O)N2CC(=O)Nc1nccs1. The van der Waals surface area contributed by atoms with Gasteiger partial charge in [0.05, 0.1) is 5.69 Å². The van der Waals surface area contributed by atoms with Gasteiger partial charge in [-0.15, -0.1) is 11.3 Å². The third kappa shape index (κ3) is 2.87. The Morgan fingerprint density at radius 1 is 1.52 bits per heavy atom. The summed E-state index contributed by atoms with van der Waals surface area (Å²) in [5.41, 5.74) is 1.65. The number of aromatic nitrogens is 1. The van der Waals surface area contributed by atoms with Gasteiger partial charge in [0.1, 0.15) is 12.3 Å². The fourth-order valence-electron chi connectivity index (χ4n) is 2.07. The van der Waals surface area contributed by atoms with E-state index >= 15 is 0 Å². The molecule has 0 atom stereocenters. The van der Waals surface area contributed by atoms with Crippen molar-refractivity contribution in [1.82, 2.24) is 4.98 Å². The maximum atomic E-state index is 12.0. The highest BCUT2D eigenvalue weighted by atomic mass is 32.1. The van der Waals surface area contributed by atoms with Crippen LogP contribution in [0.15, 0.2) is 29.8 Å². The monoisotopic (exact) mass is 303 g/mol. The van der Waals surface area contributed by atoms with Crippen molar-refractivity contribution in [3.63, 3.8) is 0 Å². The lowest BCUT2D eigenvalue weighted by Crippen LogP contribution is -2.43. The van der Waals surface area contributed by atoms with E-state index in [-0.39, 0.29) is 25.0 Å². The lowest BCUT2D eigenvalue weighted by atomic mass is 10.1. The molecule has 1 aromatic carbocycles. The number of thiazole rings is 1. The average Bonchev–Trinajstić information content (AvgIpc) is 2.95. The minimum Gasteiger partial charge on any atom is -0.482 e. The highest BCUT2D eigenvalue weighted by Gasteiger charge is 2.27. The molecule has 1 aliphatic rings. The van der Waals surface area contributed by atoms with Crippen LogP contribution >= 0.6 is 11.3 Å². The largest absolute Gasteiger partial charge is 0.482 e. The zero-order valence-electron chi connectivity index (χ0n) is 11.3. The van der Waals surface area contributed by atoms with Crippen molar-refractivity contribution in [1.29, 1.82) is 0 Å². The van der Waals surface area contributed by atoms with E-state index in [2.05, 4.69) is 10.3 Å². The Hall–Kier alpha value is -2.41. The number of hydrogen-bond acceptors (Lipinski definition) is 5. The van der Waals surface area contributed by atoms with E-state index in [0.29, 0.717) is 16.6 Å². The lowest BCUT2D eigenvalue weighted by molar-refractivity contribution is -0.123. The first-order valence-electron chi connectivity index (χ1n) is 6.36. The van der Waals surface area contributed by atoms with E-state index in [1.54, 1.807) is 17.6 Å². The summed E-state index contributed by atoms with van der Waals surface area (Å²) in [5.74, 6) is 0.101. The van der Waals surface area contributed by atoms with Crippen molar-refractivity contribution in [3.8, 4) is 5.75 Å². The number of nitrogens with one attached hydrogen (secondary N) is 1. The van der Waals surface area contributed by atoms with Crippen molar-refractivity contribution in [3.05, 3.63) is 35.3 Å². The second kappa shape index (κ2) is 5.53. The highest BCUT2D eigenvalue weighted by molar-refractivity contribution is 7.13. The number of ether oxygens (including phenoxy) is 1. The molecule has 0 bridgehead atoms. The summed E-state index contributed by atoms with van der Waals surface area (Å²) >= 11 is 1.33. The summed E-state index contributed by atoms with van der Waals surface area (Å²) < 4.78 is 5.40. The first-order valence-corrected chi connectivity index (χ1v) is 7.24. The third-order valence-corrected chi connectivity index (χ3v) is 3.73. The summed E-state index contributed by atoms with van der Waals surface area (Å²) in [4.78, 5) is 29.4. The van der Waals surface area contributed by atoms with Crippen molar-refractivity contribution in [2.75, 3.05) is 23.4 Å². The molecule has 0 spiro atoms. The molecule has 0 fully saturated rings. The molecule has 2 aromatic rings. The summed E-state index contributed by atoms with van der Waals surface area (Å²) in [6, 6.07) is 5.53. The quantitative estimate of drug-likeness (QED) is 0.939. The fraction of sp³-hybridized carbons (Fsp3) is 0.214. The summed E-state index contributed by atoms with van der Waals surface area (Å²) in [7, 11) is 0. The number of carbonyl (C=O) groups excluding carboxylic acids is 2. The van der Waals surface area contributed by atoms with Crippen LogP contribution in [0.4, 0.5) is 10.8 Å². The van der Waals surface area contributed by atoms with Crippen LogP contribution in [0.2, 0.25) is 0 Å². The van der Waals surface area contributed by atoms with Crippen LogP contribution in [0.25, 0.3) is 0 Å². The standard InChI is InChI=1S/C14H13N3O3S/c1-9-2-3-10-11(6-9)20-8-13(19)17(10)7-12(18)16-14-15-4-5-21-14/h2-6H,7-8H2,1H3,(H,15,16,18). The molecule has 0 aliphatic carbocycles. The summed E-state index contributed by atoms with van der Waals surface area (Å²) in [5, 5.41) is 4.96. The molecule has 1 aromatic heterocycles. The Labute approximate surface area is 125 Å². The van der Waals surface area contributed by atoms with Crippen molar-refractivity contribution in [2.24, 2.45) is 0 Å². The van der Waals surface area contributed by atoms with Gasteiger partial charge in [0.15, 0.2) is 11.7 Å². The normalized spacial score (nSPS) is 13.6. The molecule has 2 heterocycles. The molecular weight excluding hydrogens is 290 g/mol.